The molecule has 4 nitrogen and oxygen atoms in total. The summed E-state index contributed by atoms with van der Waals surface area (Å²) in [6.07, 6.45) is 1.38. The van der Waals surface area contributed by atoms with Crippen LogP contribution in [0.15, 0.2) is 11.7 Å². The average Bonchev–Trinajstić information content (AvgIpc) is 2.57. The summed E-state index contributed by atoms with van der Waals surface area (Å²) in [4.78, 5) is 12.1. The van der Waals surface area contributed by atoms with Crippen molar-refractivity contribution >= 4 is 28.6 Å². The predicted molar refractivity (Wildman–Crippen MR) is 57.3 cm³/mol. The first kappa shape index (κ1) is 9.36. The number of rotatable bonds is 1. The maximum Gasteiger partial charge on any atom is 0.156 e. The lowest BCUT2D eigenvalue weighted by Gasteiger charge is -2.01. The van der Waals surface area contributed by atoms with Crippen LogP contribution in [-0.2, 0) is 0 Å². The Labute approximate surface area is 89.8 Å². The molecule has 0 radical (unpaired) electrons. The lowest BCUT2D eigenvalue weighted by molar-refractivity contribution is 1.16. The van der Waals surface area contributed by atoms with E-state index in [9.17, 15) is 0 Å². The van der Waals surface area contributed by atoms with Gasteiger partial charge >= 0.3 is 0 Å². The topological polar surface area (TPSA) is 64.7 Å². The van der Waals surface area contributed by atoms with E-state index >= 15 is 0 Å². The number of hydrogen-bond acceptors (Lipinski definition) is 5. The molecule has 0 aliphatic rings. The third-order valence-corrected chi connectivity index (χ3v) is 2.77. The molecule has 0 aliphatic carbocycles. The Morgan fingerprint density at radius 3 is 2.86 bits per heavy atom. The molecule has 2 N–H and O–H groups in total. The van der Waals surface area contributed by atoms with Crippen LogP contribution < -0.4 is 5.73 Å². The summed E-state index contributed by atoms with van der Waals surface area (Å²) in [7, 11) is 0. The molecule has 2 aromatic heterocycles. The van der Waals surface area contributed by atoms with Gasteiger partial charge in [-0.15, -0.1) is 11.3 Å². The number of aryl methyl sites for hydroxylation is 1. The van der Waals surface area contributed by atoms with E-state index in [2.05, 4.69) is 15.0 Å². The second kappa shape index (κ2) is 3.51. The van der Waals surface area contributed by atoms with Crippen LogP contribution in [0.25, 0.3) is 11.4 Å². The van der Waals surface area contributed by atoms with Crippen molar-refractivity contribution in [1.82, 2.24) is 15.0 Å². The maximum absolute atomic E-state index is 5.77. The maximum atomic E-state index is 5.77. The Hall–Kier alpha value is -1.20. The first-order valence-corrected chi connectivity index (χ1v) is 5.12. The van der Waals surface area contributed by atoms with Gasteiger partial charge in [0, 0.05) is 5.38 Å². The van der Waals surface area contributed by atoms with Crippen molar-refractivity contribution in [3.8, 4) is 11.4 Å². The Bertz CT molecular complexity index is 468. The fraction of sp³-hybridized carbons (Fsp3) is 0.125. The highest BCUT2D eigenvalue weighted by Gasteiger charge is 2.10. The van der Waals surface area contributed by atoms with Crippen LogP contribution in [0.3, 0.4) is 0 Å². The van der Waals surface area contributed by atoms with E-state index in [1.807, 2.05) is 12.3 Å². The number of anilines is 1. The monoisotopic (exact) mass is 226 g/mol. The van der Waals surface area contributed by atoms with E-state index in [-0.39, 0.29) is 5.15 Å². The van der Waals surface area contributed by atoms with E-state index < -0.39 is 0 Å². The Morgan fingerprint density at radius 1 is 1.43 bits per heavy atom. The third-order valence-electron chi connectivity index (χ3n) is 1.70. The Kier molecular flexibility index (Phi) is 2.35. The average molecular weight is 227 g/mol. The molecule has 0 saturated carbocycles. The summed E-state index contributed by atoms with van der Waals surface area (Å²) in [6, 6.07) is 0. The molecule has 2 heterocycles. The molecule has 0 fully saturated rings. The first-order chi connectivity index (χ1) is 6.68. The van der Waals surface area contributed by atoms with Crippen LogP contribution in [0.1, 0.15) is 5.01 Å². The Morgan fingerprint density at radius 2 is 2.21 bits per heavy atom. The number of thiazole rings is 1. The number of hydrogen-bond donors (Lipinski definition) is 1. The molecule has 2 rings (SSSR count). The number of nitrogens with zero attached hydrogens (tertiary/aromatic N) is 3. The molecule has 2 aromatic rings. The van der Waals surface area contributed by atoms with Gasteiger partial charge < -0.3 is 5.73 Å². The van der Waals surface area contributed by atoms with E-state index in [1.165, 1.54) is 6.33 Å². The van der Waals surface area contributed by atoms with Gasteiger partial charge in [-0.05, 0) is 6.92 Å². The second-order valence-electron chi connectivity index (χ2n) is 2.68. The van der Waals surface area contributed by atoms with Crippen molar-refractivity contribution < 1.29 is 0 Å². The molecule has 0 aliphatic heterocycles. The van der Waals surface area contributed by atoms with Crippen LogP contribution in [0, 0.1) is 6.92 Å². The zero-order chi connectivity index (χ0) is 10.1. The fourth-order valence-corrected chi connectivity index (χ4v) is 1.78. The lowest BCUT2D eigenvalue weighted by Crippen LogP contribution is -1.96. The van der Waals surface area contributed by atoms with Crippen molar-refractivity contribution in [3.63, 3.8) is 0 Å². The van der Waals surface area contributed by atoms with Crippen LogP contribution in [0.4, 0.5) is 5.69 Å². The van der Waals surface area contributed by atoms with Gasteiger partial charge in [0.2, 0.25) is 0 Å². The van der Waals surface area contributed by atoms with E-state index in [1.54, 1.807) is 11.3 Å². The Balaban J connectivity index is 2.57. The van der Waals surface area contributed by atoms with Crippen LogP contribution in [-0.4, -0.2) is 15.0 Å². The van der Waals surface area contributed by atoms with Crippen LogP contribution in [0.2, 0.25) is 5.15 Å². The van der Waals surface area contributed by atoms with E-state index in [0.29, 0.717) is 11.4 Å². The molecule has 0 atom stereocenters. The smallest absolute Gasteiger partial charge is 0.156 e. The van der Waals surface area contributed by atoms with Crippen LogP contribution in [0.5, 0.6) is 0 Å². The van der Waals surface area contributed by atoms with Gasteiger partial charge in [-0.25, -0.2) is 15.0 Å². The highest BCUT2D eigenvalue weighted by molar-refractivity contribution is 7.09. The molecule has 0 saturated heterocycles. The summed E-state index contributed by atoms with van der Waals surface area (Å²) < 4.78 is 0. The zero-order valence-corrected chi connectivity index (χ0v) is 8.93. The highest BCUT2D eigenvalue weighted by atomic mass is 35.5. The molecule has 0 bridgehead atoms. The normalized spacial score (nSPS) is 10.4. The molecular weight excluding hydrogens is 220 g/mol. The SMILES string of the molecule is Cc1nc(-c2ncnc(Cl)c2N)cs1. The van der Waals surface area contributed by atoms with Crippen molar-refractivity contribution in [2.45, 2.75) is 6.92 Å². The number of aromatic nitrogens is 3. The lowest BCUT2D eigenvalue weighted by atomic mass is 10.3. The van der Waals surface area contributed by atoms with Crippen molar-refractivity contribution in [2.75, 3.05) is 5.73 Å². The minimum Gasteiger partial charge on any atom is -0.394 e. The first-order valence-electron chi connectivity index (χ1n) is 3.87. The molecule has 0 unspecified atom stereocenters. The second-order valence-corrected chi connectivity index (χ2v) is 4.10. The minimum atomic E-state index is 0.264. The third kappa shape index (κ3) is 1.56. The predicted octanol–water partition coefficient (Wildman–Crippen LogP) is 2.14. The fourth-order valence-electron chi connectivity index (χ4n) is 1.05. The summed E-state index contributed by atoms with van der Waals surface area (Å²) in [5, 5.41) is 3.12. The van der Waals surface area contributed by atoms with Crippen molar-refractivity contribution in [3.05, 3.63) is 21.9 Å². The number of halogens is 1. The standard InChI is InChI=1S/C8H7ClN4S/c1-4-13-5(2-14-4)7-6(10)8(9)12-3-11-7/h2-3H,10H2,1H3. The number of nitrogen functional groups attached to an aromatic ring is 1. The van der Waals surface area contributed by atoms with E-state index in [0.717, 1.165) is 10.7 Å². The zero-order valence-electron chi connectivity index (χ0n) is 7.36. The largest absolute Gasteiger partial charge is 0.394 e. The molecule has 14 heavy (non-hydrogen) atoms. The van der Waals surface area contributed by atoms with Gasteiger partial charge in [-0.2, -0.15) is 0 Å². The van der Waals surface area contributed by atoms with Gasteiger partial charge in [0.15, 0.2) is 5.15 Å². The quantitative estimate of drug-likeness (QED) is 0.757. The van der Waals surface area contributed by atoms with Gasteiger partial charge in [-0.1, -0.05) is 11.6 Å². The molecule has 0 aromatic carbocycles. The van der Waals surface area contributed by atoms with Gasteiger partial charge in [0.1, 0.15) is 17.7 Å². The van der Waals surface area contributed by atoms with Crippen LogP contribution >= 0.6 is 22.9 Å². The molecular formula is C8H7ClN4S. The molecule has 0 spiro atoms. The van der Waals surface area contributed by atoms with Crippen molar-refractivity contribution in [2.24, 2.45) is 0 Å². The van der Waals surface area contributed by atoms with Gasteiger partial charge in [-0.3, -0.25) is 0 Å². The summed E-state index contributed by atoms with van der Waals surface area (Å²) in [6.45, 7) is 1.92. The van der Waals surface area contributed by atoms with Crippen molar-refractivity contribution in [1.29, 1.82) is 0 Å². The summed E-state index contributed by atoms with van der Waals surface area (Å²) in [5.74, 6) is 0. The minimum absolute atomic E-state index is 0.264. The molecule has 6 heteroatoms. The molecule has 0 amide bonds. The molecule has 72 valence electrons. The summed E-state index contributed by atoms with van der Waals surface area (Å²) >= 11 is 7.31. The highest BCUT2D eigenvalue weighted by Crippen LogP contribution is 2.28. The van der Waals surface area contributed by atoms with Gasteiger partial charge in [0.05, 0.1) is 10.7 Å². The summed E-state index contributed by atoms with van der Waals surface area (Å²) in [5.41, 5.74) is 7.44. The van der Waals surface area contributed by atoms with Gasteiger partial charge in [0.25, 0.3) is 0 Å². The number of nitrogens with two attached hydrogens (primary N) is 1. The van der Waals surface area contributed by atoms with E-state index in [4.69, 9.17) is 17.3 Å².